The molecule has 0 aliphatic carbocycles. The topological polar surface area (TPSA) is 72.9 Å². The molecule has 9 heteroatoms. The zero-order valence-electron chi connectivity index (χ0n) is 15.2. The van der Waals surface area contributed by atoms with Crippen LogP contribution in [-0.4, -0.2) is 22.2 Å². The number of nitrogens with one attached hydrogen (secondary N) is 1. The number of alkyl halides is 3. The van der Waals surface area contributed by atoms with Crippen molar-refractivity contribution in [2.24, 2.45) is 12.8 Å². The number of benzene rings is 1. The third-order valence-electron chi connectivity index (χ3n) is 4.38. The number of carbonyl (C=O) groups is 1. The summed E-state index contributed by atoms with van der Waals surface area (Å²) in [6.45, 7) is 1.72. The summed E-state index contributed by atoms with van der Waals surface area (Å²) in [7, 11) is 1.80. The second kappa shape index (κ2) is 7.76. The first-order valence-corrected chi connectivity index (χ1v) is 9.30. The molecule has 1 unspecified atom stereocenters. The van der Waals surface area contributed by atoms with E-state index in [1.165, 1.54) is 29.5 Å². The SMILES string of the molecule is Cc1cc(C(=O)NC(CN)c2ccccc2C(F)(F)F)sc1-c1ccnn1C. The van der Waals surface area contributed by atoms with Gasteiger partial charge in [0.25, 0.3) is 5.91 Å². The Bertz CT molecular complexity index is 993. The lowest BCUT2D eigenvalue weighted by molar-refractivity contribution is -0.138. The summed E-state index contributed by atoms with van der Waals surface area (Å²) in [5.74, 6) is -0.464. The standard InChI is InChI=1S/C19H19F3N4OS/c1-11-9-16(28-17(11)15-7-8-24-26(15)2)18(27)25-14(10-23)12-5-3-4-6-13(12)19(20,21)22/h3-9,14H,10,23H2,1-2H3,(H,25,27). The number of carbonyl (C=O) groups excluding carboxylic acids is 1. The first-order chi connectivity index (χ1) is 13.2. The molecule has 1 amide bonds. The summed E-state index contributed by atoms with van der Waals surface area (Å²) >= 11 is 1.26. The highest BCUT2D eigenvalue weighted by molar-refractivity contribution is 7.17. The van der Waals surface area contributed by atoms with Crippen LogP contribution in [0, 0.1) is 6.92 Å². The van der Waals surface area contributed by atoms with E-state index in [0.29, 0.717) is 4.88 Å². The third kappa shape index (κ3) is 3.95. The molecule has 0 saturated heterocycles. The summed E-state index contributed by atoms with van der Waals surface area (Å²) in [6.07, 6.45) is -2.87. The average Bonchev–Trinajstić information content (AvgIpc) is 3.24. The second-order valence-electron chi connectivity index (χ2n) is 6.31. The minimum Gasteiger partial charge on any atom is -0.343 e. The number of thiophene rings is 1. The highest BCUT2D eigenvalue weighted by Crippen LogP contribution is 2.35. The Morgan fingerprint density at radius 3 is 2.64 bits per heavy atom. The van der Waals surface area contributed by atoms with Gasteiger partial charge in [-0.05, 0) is 36.2 Å². The van der Waals surface area contributed by atoms with Gasteiger partial charge in [0, 0.05) is 19.8 Å². The van der Waals surface area contributed by atoms with Gasteiger partial charge in [-0.15, -0.1) is 11.3 Å². The van der Waals surface area contributed by atoms with Crippen LogP contribution in [0.2, 0.25) is 0 Å². The van der Waals surface area contributed by atoms with E-state index < -0.39 is 23.7 Å². The predicted molar refractivity (Wildman–Crippen MR) is 102 cm³/mol. The van der Waals surface area contributed by atoms with Gasteiger partial charge < -0.3 is 11.1 Å². The molecule has 3 aromatic rings. The largest absolute Gasteiger partial charge is 0.416 e. The van der Waals surface area contributed by atoms with Crippen molar-refractivity contribution in [3.63, 3.8) is 0 Å². The molecule has 28 heavy (non-hydrogen) atoms. The molecular weight excluding hydrogens is 389 g/mol. The number of nitrogens with zero attached hydrogens (tertiary/aromatic N) is 2. The second-order valence-corrected chi connectivity index (χ2v) is 7.36. The lowest BCUT2D eigenvalue weighted by Crippen LogP contribution is -2.34. The van der Waals surface area contributed by atoms with Crippen LogP contribution in [-0.2, 0) is 13.2 Å². The van der Waals surface area contributed by atoms with Crippen molar-refractivity contribution in [3.8, 4) is 10.6 Å². The van der Waals surface area contributed by atoms with Crippen LogP contribution in [0.5, 0.6) is 0 Å². The summed E-state index contributed by atoms with van der Waals surface area (Å²) in [5, 5.41) is 6.76. The lowest BCUT2D eigenvalue weighted by Gasteiger charge is -2.21. The maximum atomic E-state index is 13.3. The highest BCUT2D eigenvalue weighted by Gasteiger charge is 2.35. The van der Waals surface area contributed by atoms with Gasteiger partial charge in [0.1, 0.15) is 0 Å². The van der Waals surface area contributed by atoms with E-state index in [9.17, 15) is 18.0 Å². The monoisotopic (exact) mass is 408 g/mol. The molecule has 5 nitrogen and oxygen atoms in total. The first kappa shape index (κ1) is 20.1. The van der Waals surface area contributed by atoms with E-state index in [1.54, 1.807) is 24.0 Å². The Balaban J connectivity index is 1.88. The predicted octanol–water partition coefficient (Wildman–Crippen LogP) is 3.91. The van der Waals surface area contributed by atoms with Crippen LogP contribution in [0.15, 0.2) is 42.6 Å². The van der Waals surface area contributed by atoms with Crippen LogP contribution in [0.25, 0.3) is 10.6 Å². The summed E-state index contributed by atoms with van der Waals surface area (Å²) in [4.78, 5) is 14.0. The van der Waals surface area contributed by atoms with E-state index >= 15 is 0 Å². The van der Waals surface area contributed by atoms with Gasteiger partial charge in [-0.2, -0.15) is 18.3 Å². The Hall–Kier alpha value is -2.65. The summed E-state index contributed by atoms with van der Waals surface area (Å²) in [5.41, 5.74) is 6.58. The summed E-state index contributed by atoms with van der Waals surface area (Å²) < 4.78 is 41.6. The molecule has 0 spiro atoms. The van der Waals surface area contributed by atoms with Crippen molar-refractivity contribution >= 4 is 17.2 Å². The number of rotatable bonds is 5. The van der Waals surface area contributed by atoms with E-state index in [2.05, 4.69) is 10.4 Å². The summed E-state index contributed by atoms with van der Waals surface area (Å²) in [6, 6.07) is 7.72. The van der Waals surface area contributed by atoms with Crippen LogP contribution < -0.4 is 11.1 Å². The maximum absolute atomic E-state index is 13.3. The minimum absolute atomic E-state index is 0.0500. The van der Waals surface area contributed by atoms with E-state index in [1.807, 2.05) is 13.0 Å². The van der Waals surface area contributed by atoms with Crippen LogP contribution >= 0.6 is 11.3 Å². The fourth-order valence-electron chi connectivity index (χ4n) is 3.00. The van der Waals surface area contributed by atoms with Gasteiger partial charge in [-0.3, -0.25) is 9.48 Å². The molecule has 1 atom stereocenters. The van der Waals surface area contributed by atoms with Crippen molar-refractivity contribution in [1.29, 1.82) is 0 Å². The molecule has 0 aliphatic heterocycles. The molecule has 148 valence electrons. The van der Waals surface area contributed by atoms with Gasteiger partial charge in [0.15, 0.2) is 0 Å². The van der Waals surface area contributed by atoms with E-state index in [0.717, 1.165) is 22.2 Å². The number of hydrogen-bond donors (Lipinski definition) is 2. The Kier molecular flexibility index (Phi) is 5.57. The molecule has 0 bridgehead atoms. The third-order valence-corrected chi connectivity index (χ3v) is 5.64. The number of nitrogens with two attached hydrogens (primary N) is 1. The number of amides is 1. The molecule has 0 fully saturated rings. The quantitative estimate of drug-likeness (QED) is 0.672. The van der Waals surface area contributed by atoms with Crippen molar-refractivity contribution < 1.29 is 18.0 Å². The molecule has 1 aromatic carbocycles. The Labute approximate surface area is 164 Å². The maximum Gasteiger partial charge on any atom is 0.416 e. The number of halogens is 3. The number of aryl methyl sites for hydroxylation is 2. The van der Waals surface area contributed by atoms with Crippen molar-refractivity contribution in [3.05, 3.63) is 64.2 Å². The van der Waals surface area contributed by atoms with Crippen molar-refractivity contribution in [1.82, 2.24) is 15.1 Å². The smallest absolute Gasteiger partial charge is 0.343 e. The van der Waals surface area contributed by atoms with Crippen LogP contribution in [0.3, 0.4) is 0 Å². The van der Waals surface area contributed by atoms with Crippen molar-refractivity contribution in [2.75, 3.05) is 6.54 Å². The zero-order chi connectivity index (χ0) is 20.5. The lowest BCUT2D eigenvalue weighted by atomic mass is 9.99. The molecule has 2 aromatic heterocycles. The minimum atomic E-state index is -4.53. The van der Waals surface area contributed by atoms with Crippen LogP contribution in [0.1, 0.15) is 32.4 Å². The van der Waals surface area contributed by atoms with Gasteiger partial charge in [0.2, 0.25) is 0 Å². The highest BCUT2D eigenvalue weighted by atomic mass is 32.1. The molecular formula is C19H19F3N4OS. The van der Waals surface area contributed by atoms with E-state index in [-0.39, 0.29) is 12.1 Å². The molecule has 3 rings (SSSR count). The van der Waals surface area contributed by atoms with Gasteiger partial charge in [-0.1, -0.05) is 18.2 Å². The average molecular weight is 408 g/mol. The Morgan fingerprint density at radius 1 is 1.32 bits per heavy atom. The fraction of sp³-hybridized carbons (Fsp3) is 0.263. The fourth-order valence-corrected chi connectivity index (χ4v) is 4.13. The molecule has 3 N–H and O–H groups in total. The van der Waals surface area contributed by atoms with E-state index in [4.69, 9.17) is 5.73 Å². The zero-order valence-corrected chi connectivity index (χ0v) is 16.1. The van der Waals surface area contributed by atoms with Gasteiger partial charge >= 0.3 is 6.18 Å². The molecule has 2 heterocycles. The molecule has 0 saturated carbocycles. The number of aromatic nitrogens is 2. The van der Waals surface area contributed by atoms with Crippen molar-refractivity contribution in [2.45, 2.75) is 19.1 Å². The van der Waals surface area contributed by atoms with Crippen LogP contribution in [0.4, 0.5) is 13.2 Å². The molecule has 0 aliphatic rings. The normalized spacial score (nSPS) is 12.8. The van der Waals surface area contributed by atoms with Gasteiger partial charge in [-0.25, -0.2) is 0 Å². The first-order valence-electron chi connectivity index (χ1n) is 8.48. The Morgan fingerprint density at radius 2 is 2.04 bits per heavy atom. The molecule has 0 radical (unpaired) electrons. The number of hydrogen-bond acceptors (Lipinski definition) is 4. The van der Waals surface area contributed by atoms with Gasteiger partial charge in [0.05, 0.1) is 27.1 Å².